The van der Waals surface area contributed by atoms with E-state index in [-0.39, 0.29) is 11.4 Å². The van der Waals surface area contributed by atoms with Crippen LogP contribution in [0.5, 0.6) is 5.75 Å². The van der Waals surface area contributed by atoms with Gasteiger partial charge < -0.3 is 10.1 Å². The molecular weight excluding hydrogens is 248 g/mol. The number of para-hydroxylation sites is 2. The van der Waals surface area contributed by atoms with Crippen molar-refractivity contribution < 1.29 is 4.74 Å². The zero-order chi connectivity index (χ0) is 13.8. The third kappa shape index (κ3) is 2.47. The molecule has 7 nitrogen and oxygen atoms in total. The molecule has 0 unspecified atom stereocenters. The number of nitrogens with one attached hydrogen (secondary N) is 3. The lowest BCUT2D eigenvalue weighted by Crippen LogP contribution is -2.26. The number of hydrogen-bond donors (Lipinski definition) is 3. The van der Waals surface area contributed by atoms with Crippen molar-refractivity contribution in [1.82, 2.24) is 9.97 Å². The normalized spacial score (nSPS) is 9.68. The molecule has 0 atom stereocenters. The molecule has 7 heteroatoms. The van der Waals surface area contributed by atoms with Crippen molar-refractivity contribution in [1.29, 1.82) is 5.26 Å². The second-order valence-electron chi connectivity index (χ2n) is 3.60. The number of aromatic nitrogens is 2. The van der Waals surface area contributed by atoms with Gasteiger partial charge in [-0.3, -0.25) is 14.8 Å². The van der Waals surface area contributed by atoms with Crippen LogP contribution in [-0.2, 0) is 0 Å². The van der Waals surface area contributed by atoms with Gasteiger partial charge in [0.15, 0.2) is 5.56 Å². The summed E-state index contributed by atoms with van der Waals surface area (Å²) in [6.45, 7) is 0. The van der Waals surface area contributed by atoms with Crippen molar-refractivity contribution in [3.05, 3.63) is 50.7 Å². The molecular formula is C12H10N4O3. The van der Waals surface area contributed by atoms with Gasteiger partial charge in [0, 0.05) is 0 Å². The summed E-state index contributed by atoms with van der Waals surface area (Å²) in [4.78, 5) is 27.1. The maximum absolute atomic E-state index is 11.5. The number of hydrogen-bond acceptors (Lipinski definition) is 5. The van der Waals surface area contributed by atoms with Crippen molar-refractivity contribution in [2.24, 2.45) is 0 Å². The third-order valence-electron chi connectivity index (χ3n) is 2.42. The van der Waals surface area contributed by atoms with E-state index in [9.17, 15) is 9.59 Å². The first kappa shape index (κ1) is 12.4. The Morgan fingerprint density at radius 3 is 2.68 bits per heavy atom. The topological polar surface area (TPSA) is 111 Å². The molecule has 0 fully saturated rings. The number of methoxy groups -OCH3 is 1. The Labute approximate surface area is 107 Å². The van der Waals surface area contributed by atoms with Crippen LogP contribution in [-0.4, -0.2) is 17.1 Å². The van der Waals surface area contributed by atoms with Crippen molar-refractivity contribution in [2.45, 2.75) is 0 Å². The molecule has 2 rings (SSSR count). The van der Waals surface area contributed by atoms with Crippen LogP contribution in [0.3, 0.4) is 0 Å². The van der Waals surface area contributed by atoms with Crippen LogP contribution >= 0.6 is 0 Å². The summed E-state index contributed by atoms with van der Waals surface area (Å²) in [6, 6.07) is 8.66. The number of aromatic amines is 2. The number of anilines is 2. The molecule has 19 heavy (non-hydrogen) atoms. The molecule has 2 aromatic rings. The zero-order valence-electron chi connectivity index (χ0n) is 9.98. The Hall–Kier alpha value is -3.01. The Kier molecular flexibility index (Phi) is 3.34. The smallest absolute Gasteiger partial charge is 0.327 e. The summed E-state index contributed by atoms with van der Waals surface area (Å²) >= 11 is 0. The fraction of sp³-hybridized carbons (Fsp3) is 0.0833. The zero-order valence-corrected chi connectivity index (χ0v) is 9.98. The predicted molar refractivity (Wildman–Crippen MR) is 68.7 cm³/mol. The van der Waals surface area contributed by atoms with Crippen molar-refractivity contribution >= 4 is 11.5 Å². The number of nitriles is 1. The van der Waals surface area contributed by atoms with Gasteiger partial charge in [-0.2, -0.15) is 5.26 Å². The van der Waals surface area contributed by atoms with Gasteiger partial charge in [-0.25, -0.2) is 4.79 Å². The van der Waals surface area contributed by atoms with Crippen LogP contribution in [0, 0.1) is 11.3 Å². The SMILES string of the molecule is COc1ccccc1Nc1[nH]c(=O)[nH]c(=O)c1C#N. The highest BCUT2D eigenvalue weighted by molar-refractivity contribution is 5.67. The van der Waals surface area contributed by atoms with E-state index >= 15 is 0 Å². The molecule has 96 valence electrons. The van der Waals surface area contributed by atoms with Crippen LogP contribution in [0.25, 0.3) is 0 Å². The molecule has 1 heterocycles. The maximum Gasteiger partial charge on any atom is 0.327 e. The molecule has 0 spiro atoms. The fourth-order valence-electron chi connectivity index (χ4n) is 1.57. The quantitative estimate of drug-likeness (QED) is 0.750. The summed E-state index contributed by atoms with van der Waals surface area (Å²) in [7, 11) is 1.49. The number of ether oxygens (including phenoxy) is 1. The average Bonchev–Trinajstić information content (AvgIpc) is 2.39. The fourth-order valence-corrected chi connectivity index (χ4v) is 1.57. The molecule has 0 bridgehead atoms. The van der Waals surface area contributed by atoms with Gasteiger partial charge in [-0.15, -0.1) is 0 Å². The third-order valence-corrected chi connectivity index (χ3v) is 2.42. The maximum atomic E-state index is 11.5. The summed E-state index contributed by atoms with van der Waals surface area (Å²) in [5.41, 5.74) is -1.11. The molecule has 0 saturated carbocycles. The van der Waals surface area contributed by atoms with Crippen LogP contribution in [0.2, 0.25) is 0 Å². The molecule has 1 aromatic heterocycles. The molecule has 0 radical (unpaired) electrons. The van der Waals surface area contributed by atoms with E-state index in [1.807, 2.05) is 4.98 Å². The standard InChI is InChI=1S/C12H10N4O3/c1-19-9-5-3-2-4-8(9)14-10-7(6-13)11(17)16-12(18)15-10/h2-5H,1H3,(H3,14,15,16,17,18). The Balaban J connectivity index is 2.53. The van der Waals surface area contributed by atoms with Gasteiger partial charge in [0.1, 0.15) is 17.6 Å². The van der Waals surface area contributed by atoms with Gasteiger partial charge in [0.2, 0.25) is 0 Å². The van der Waals surface area contributed by atoms with Crippen molar-refractivity contribution in [3.8, 4) is 11.8 Å². The summed E-state index contributed by atoms with van der Waals surface area (Å²) in [6.07, 6.45) is 0. The lowest BCUT2D eigenvalue weighted by atomic mass is 10.2. The highest BCUT2D eigenvalue weighted by atomic mass is 16.5. The van der Waals surface area contributed by atoms with E-state index in [1.165, 1.54) is 7.11 Å². The minimum atomic E-state index is -0.747. The monoisotopic (exact) mass is 258 g/mol. The van der Waals surface area contributed by atoms with Gasteiger partial charge in [-0.1, -0.05) is 12.1 Å². The van der Waals surface area contributed by atoms with Crippen molar-refractivity contribution in [3.63, 3.8) is 0 Å². The number of H-pyrrole nitrogens is 2. The Morgan fingerprint density at radius 2 is 2.00 bits per heavy atom. The van der Waals surface area contributed by atoms with Gasteiger partial charge in [-0.05, 0) is 12.1 Å². The molecule has 0 amide bonds. The number of benzene rings is 1. The van der Waals surface area contributed by atoms with E-state index in [4.69, 9.17) is 10.00 Å². The summed E-state index contributed by atoms with van der Waals surface area (Å²) < 4.78 is 5.13. The molecule has 0 aliphatic rings. The van der Waals surface area contributed by atoms with Crippen LogP contribution in [0.15, 0.2) is 33.9 Å². The van der Waals surface area contributed by atoms with E-state index in [0.29, 0.717) is 11.4 Å². The number of nitrogens with zero attached hydrogens (tertiary/aromatic N) is 1. The van der Waals surface area contributed by atoms with E-state index in [0.717, 1.165) is 0 Å². The average molecular weight is 258 g/mol. The van der Waals surface area contributed by atoms with Gasteiger partial charge in [0.25, 0.3) is 5.56 Å². The minimum absolute atomic E-state index is 0.0285. The second-order valence-corrected chi connectivity index (χ2v) is 3.60. The van der Waals surface area contributed by atoms with Gasteiger partial charge in [0.05, 0.1) is 12.8 Å². The minimum Gasteiger partial charge on any atom is -0.495 e. The van der Waals surface area contributed by atoms with Gasteiger partial charge >= 0.3 is 5.69 Å². The lowest BCUT2D eigenvalue weighted by Gasteiger charge is -2.10. The first-order valence-corrected chi connectivity index (χ1v) is 5.32. The molecule has 1 aromatic carbocycles. The molecule has 0 saturated heterocycles. The highest BCUT2D eigenvalue weighted by Gasteiger charge is 2.10. The van der Waals surface area contributed by atoms with E-state index in [1.54, 1.807) is 30.3 Å². The Bertz CT molecular complexity index is 755. The first-order valence-electron chi connectivity index (χ1n) is 5.32. The Morgan fingerprint density at radius 1 is 1.26 bits per heavy atom. The number of rotatable bonds is 3. The van der Waals surface area contributed by atoms with Crippen LogP contribution in [0.4, 0.5) is 11.5 Å². The van der Waals surface area contributed by atoms with Crippen LogP contribution in [0.1, 0.15) is 5.56 Å². The first-order chi connectivity index (χ1) is 9.15. The van der Waals surface area contributed by atoms with E-state index < -0.39 is 11.2 Å². The highest BCUT2D eigenvalue weighted by Crippen LogP contribution is 2.26. The predicted octanol–water partition coefficient (Wildman–Crippen LogP) is 0.687. The molecule has 3 N–H and O–H groups in total. The van der Waals surface area contributed by atoms with E-state index in [2.05, 4.69) is 10.3 Å². The van der Waals surface area contributed by atoms with Crippen molar-refractivity contribution in [2.75, 3.05) is 12.4 Å². The lowest BCUT2D eigenvalue weighted by molar-refractivity contribution is 0.417. The molecule has 0 aliphatic heterocycles. The summed E-state index contributed by atoms with van der Waals surface area (Å²) in [5.74, 6) is 0.549. The largest absolute Gasteiger partial charge is 0.495 e. The second kappa shape index (κ2) is 5.10. The van der Waals surface area contributed by atoms with Crippen LogP contribution < -0.4 is 21.3 Å². The molecule has 0 aliphatic carbocycles. The summed E-state index contributed by atoms with van der Waals surface area (Å²) in [5, 5.41) is 11.7.